The molecule has 170 valence electrons. The van der Waals surface area contributed by atoms with E-state index in [4.69, 9.17) is 0 Å². The van der Waals surface area contributed by atoms with Crippen molar-refractivity contribution in [2.24, 2.45) is 5.92 Å². The van der Waals surface area contributed by atoms with Crippen LogP contribution in [0.5, 0.6) is 0 Å². The Morgan fingerprint density at radius 1 is 1.20 bits per heavy atom. The first-order valence-electron chi connectivity index (χ1n) is 10.2. The van der Waals surface area contributed by atoms with Gasteiger partial charge >= 0.3 is 5.97 Å². The van der Waals surface area contributed by atoms with Crippen LogP contribution in [0.2, 0.25) is 0 Å². The van der Waals surface area contributed by atoms with Crippen molar-refractivity contribution < 1.29 is 28.7 Å². The summed E-state index contributed by atoms with van der Waals surface area (Å²) in [6.45, 7) is 2.20. The number of rotatable bonds is 14. The molecule has 1 heterocycles. The minimum absolute atomic E-state index is 0.0156. The molecule has 3 N–H and O–H groups in total. The van der Waals surface area contributed by atoms with Crippen molar-refractivity contribution >= 4 is 41.1 Å². The second kappa shape index (κ2) is 14.1. The first-order valence-corrected chi connectivity index (χ1v) is 11.6. The van der Waals surface area contributed by atoms with E-state index in [1.54, 1.807) is 18.7 Å². The van der Waals surface area contributed by atoms with Gasteiger partial charge in [-0.3, -0.25) is 24.0 Å². The predicted octanol–water partition coefficient (Wildman–Crippen LogP) is 0.210. The average molecular weight is 444 g/mol. The molecule has 1 aliphatic rings. The fourth-order valence-electron chi connectivity index (χ4n) is 3.06. The lowest BCUT2D eigenvalue weighted by atomic mass is 9.97. The number of ether oxygens (including phenoxy) is 1. The molecule has 0 bridgehead atoms. The number of esters is 1. The van der Waals surface area contributed by atoms with Crippen molar-refractivity contribution in [2.75, 3.05) is 32.2 Å². The number of nitrogens with one attached hydrogen (secondary N) is 3. The summed E-state index contributed by atoms with van der Waals surface area (Å²) in [5.74, 6) is -1.49. The maximum absolute atomic E-state index is 12.7. The van der Waals surface area contributed by atoms with E-state index in [1.807, 2.05) is 6.26 Å². The largest absolute Gasteiger partial charge is 0.469 e. The Morgan fingerprint density at radius 3 is 2.53 bits per heavy atom. The van der Waals surface area contributed by atoms with E-state index >= 15 is 0 Å². The quantitative estimate of drug-likeness (QED) is 0.325. The number of carbonyl (C=O) groups is 5. The lowest BCUT2D eigenvalue weighted by Gasteiger charge is -2.21. The van der Waals surface area contributed by atoms with Crippen LogP contribution >= 0.6 is 11.8 Å². The maximum Gasteiger partial charge on any atom is 0.305 e. The molecular weight excluding hydrogens is 410 g/mol. The van der Waals surface area contributed by atoms with Crippen LogP contribution in [0, 0.1) is 5.92 Å². The molecule has 30 heavy (non-hydrogen) atoms. The molecule has 0 saturated carbocycles. The third kappa shape index (κ3) is 9.71. The van der Waals surface area contributed by atoms with E-state index in [0.29, 0.717) is 12.2 Å². The van der Waals surface area contributed by atoms with Crippen LogP contribution in [-0.4, -0.2) is 73.6 Å². The number of ketones is 2. The van der Waals surface area contributed by atoms with Gasteiger partial charge in [0.2, 0.25) is 11.8 Å². The van der Waals surface area contributed by atoms with Crippen molar-refractivity contribution in [3.8, 4) is 0 Å². The summed E-state index contributed by atoms with van der Waals surface area (Å²) in [5, 5.41) is 8.44. The first kappa shape index (κ1) is 26.1. The molecule has 1 aliphatic heterocycles. The zero-order valence-corrected chi connectivity index (χ0v) is 18.8. The summed E-state index contributed by atoms with van der Waals surface area (Å²) in [4.78, 5) is 60.1. The third-order valence-corrected chi connectivity index (χ3v) is 5.59. The van der Waals surface area contributed by atoms with Gasteiger partial charge in [-0.25, -0.2) is 0 Å². The fourth-order valence-corrected chi connectivity index (χ4v) is 3.53. The van der Waals surface area contributed by atoms with Crippen molar-refractivity contribution in [3.05, 3.63) is 0 Å². The molecule has 9 nitrogen and oxygen atoms in total. The number of hydrogen-bond acceptors (Lipinski definition) is 8. The summed E-state index contributed by atoms with van der Waals surface area (Å²) in [6.07, 6.45) is 4.02. The van der Waals surface area contributed by atoms with Crippen LogP contribution in [-0.2, 0) is 28.7 Å². The monoisotopic (exact) mass is 443 g/mol. The normalized spacial score (nSPS) is 17.6. The average Bonchev–Trinajstić information content (AvgIpc) is 3.27. The fraction of sp³-hybridized carbons (Fsp3) is 0.750. The minimum Gasteiger partial charge on any atom is -0.469 e. The number of amides is 2. The topological polar surface area (TPSA) is 131 Å². The smallest absolute Gasteiger partial charge is 0.305 e. The Balaban J connectivity index is 2.49. The van der Waals surface area contributed by atoms with Gasteiger partial charge in [-0.1, -0.05) is 6.92 Å². The summed E-state index contributed by atoms with van der Waals surface area (Å²) in [7, 11) is 1.24. The van der Waals surface area contributed by atoms with E-state index in [1.165, 1.54) is 7.11 Å². The number of thioether (sulfide) groups is 1. The van der Waals surface area contributed by atoms with Crippen molar-refractivity contribution in [3.63, 3.8) is 0 Å². The molecule has 3 atom stereocenters. The van der Waals surface area contributed by atoms with Gasteiger partial charge in [0, 0.05) is 18.8 Å². The van der Waals surface area contributed by atoms with Gasteiger partial charge in [0.15, 0.2) is 11.6 Å². The number of Topliss-reactive ketones (excluding diaryl/α,β-unsaturated/α-hetero) is 2. The Bertz CT molecular complexity index is 622. The highest BCUT2D eigenvalue weighted by atomic mass is 32.2. The van der Waals surface area contributed by atoms with Crippen molar-refractivity contribution in [2.45, 2.75) is 57.5 Å². The Hall–Kier alpha value is -1.94. The lowest BCUT2D eigenvalue weighted by Crippen LogP contribution is -2.49. The molecule has 0 radical (unpaired) electrons. The molecule has 0 aromatic rings. The lowest BCUT2D eigenvalue weighted by molar-refractivity contribution is -0.141. The molecule has 1 rings (SSSR count). The number of carbonyl (C=O) groups excluding carboxylic acids is 5. The molecule has 1 saturated heterocycles. The second-order valence-corrected chi connectivity index (χ2v) is 8.38. The van der Waals surface area contributed by atoms with E-state index in [9.17, 15) is 24.0 Å². The van der Waals surface area contributed by atoms with E-state index in [-0.39, 0.29) is 49.3 Å². The first-order chi connectivity index (χ1) is 14.3. The Kier molecular flexibility index (Phi) is 12.3. The zero-order valence-electron chi connectivity index (χ0n) is 18.0. The molecule has 0 spiro atoms. The number of hydrogen-bond donors (Lipinski definition) is 3. The van der Waals surface area contributed by atoms with Gasteiger partial charge in [0.25, 0.3) is 0 Å². The van der Waals surface area contributed by atoms with Gasteiger partial charge in [0.1, 0.15) is 0 Å². The van der Waals surface area contributed by atoms with Crippen LogP contribution in [0.1, 0.15) is 45.4 Å². The van der Waals surface area contributed by atoms with Crippen LogP contribution in [0.15, 0.2) is 0 Å². The zero-order chi connectivity index (χ0) is 22.5. The molecule has 2 amide bonds. The molecule has 10 heteroatoms. The second-order valence-electron chi connectivity index (χ2n) is 7.40. The highest BCUT2D eigenvalue weighted by Crippen LogP contribution is 2.12. The Labute approximate surface area is 181 Å². The van der Waals surface area contributed by atoms with Crippen LogP contribution in [0.4, 0.5) is 0 Å². The van der Waals surface area contributed by atoms with Gasteiger partial charge < -0.3 is 20.7 Å². The molecular formula is C20H33N3O6S. The van der Waals surface area contributed by atoms with Crippen molar-refractivity contribution in [1.82, 2.24) is 16.0 Å². The molecule has 1 fully saturated rings. The maximum atomic E-state index is 12.7. The van der Waals surface area contributed by atoms with Gasteiger partial charge in [-0.2, -0.15) is 11.8 Å². The third-order valence-electron chi connectivity index (χ3n) is 4.94. The molecule has 0 aliphatic carbocycles. The minimum atomic E-state index is -0.635. The predicted molar refractivity (Wildman–Crippen MR) is 114 cm³/mol. The van der Waals surface area contributed by atoms with Crippen LogP contribution in [0.25, 0.3) is 0 Å². The standard InChI is InChI=1S/C20H33N3O6S/c1-13(19(27)22-12-14(24)6-7-18(26)29-2)11-17(25)15(8-10-30-3)23-20(28)16-5-4-9-21-16/h13,15-16,21H,4-12H2,1-3H3,(H,22,27)(H,23,28)/t13-,15+,16+/m1/s1. The van der Waals surface area contributed by atoms with E-state index < -0.39 is 23.8 Å². The van der Waals surface area contributed by atoms with Crippen molar-refractivity contribution in [1.29, 1.82) is 0 Å². The highest BCUT2D eigenvalue weighted by Gasteiger charge is 2.28. The molecule has 0 aromatic carbocycles. The van der Waals surface area contributed by atoms with E-state index in [0.717, 1.165) is 19.4 Å². The molecule has 0 aromatic heterocycles. The van der Waals surface area contributed by atoms with Crippen LogP contribution < -0.4 is 16.0 Å². The number of methoxy groups -OCH3 is 1. The molecule has 0 unspecified atom stereocenters. The SMILES string of the molecule is COC(=O)CCC(=O)CNC(=O)[C@H](C)CC(=O)[C@H](CCSC)NC(=O)[C@@H]1CCCN1. The van der Waals surface area contributed by atoms with Gasteiger partial charge in [0.05, 0.1) is 32.2 Å². The Morgan fingerprint density at radius 2 is 1.93 bits per heavy atom. The highest BCUT2D eigenvalue weighted by molar-refractivity contribution is 7.98. The summed E-state index contributed by atoms with van der Waals surface area (Å²) >= 11 is 1.58. The van der Waals surface area contributed by atoms with Gasteiger partial charge in [-0.05, 0) is 37.8 Å². The summed E-state index contributed by atoms with van der Waals surface area (Å²) in [5.41, 5.74) is 0. The summed E-state index contributed by atoms with van der Waals surface area (Å²) < 4.78 is 4.47. The summed E-state index contributed by atoms with van der Waals surface area (Å²) in [6, 6.07) is -0.907. The van der Waals surface area contributed by atoms with Crippen LogP contribution in [0.3, 0.4) is 0 Å². The van der Waals surface area contributed by atoms with E-state index in [2.05, 4.69) is 20.7 Å². The van der Waals surface area contributed by atoms with Gasteiger partial charge in [-0.15, -0.1) is 0 Å².